The maximum Gasteiger partial charge on any atom is 0.407 e. The van der Waals surface area contributed by atoms with Crippen LogP contribution in [-0.2, 0) is 39.4 Å². The third-order valence-corrected chi connectivity index (χ3v) is 8.76. The van der Waals surface area contributed by atoms with Gasteiger partial charge in [-0.3, -0.25) is 4.79 Å². The van der Waals surface area contributed by atoms with E-state index in [4.69, 9.17) is 14.5 Å². The topological polar surface area (TPSA) is 161 Å². The van der Waals surface area contributed by atoms with E-state index in [1.54, 1.807) is 40.7 Å². The number of nitrogens with one attached hydrogen (secondary N) is 3. The fourth-order valence-corrected chi connectivity index (χ4v) is 6.56. The number of ether oxygens (including phenoxy) is 2. The number of fused-ring (bicyclic) bond motifs is 5. The Morgan fingerprint density at radius 2 is 1.91 bits per heavy atom. The van der Waals surface area contributed by atoms with Gasteiger partial charge in [0.15, 0.2) is 5.60 Å². The summed E-state index contributed by atoms with van der Waals surface area (Å²) in [5.41, 5.74) is 1.34. The number of nitrogens with zero attached hydrogens (tertiary/aromatic N) is 2. The molecule has 3 aliphatic rings. The van der Waals surface area contributed by atoms with Crippen LogP contribution in [0.3, 0.4) is 0 Å². The van der Waals surface area contributed by atoms with Gasteiger partial charge in [0, 0.05) is 35.7 Å². The number of aromatic nitrogens is 2. The molecule has 238 valence electrons. The van der Waals surface area contributed by atoms with Crippen LogP contribution in [0.25, 0.3) is 22.3 Å². The van der Waals surface area contributed by atoms with Crippen LogP contribution >= 0.6 is 0 Å². The summed E-state index contributed by atoms with van der Waals surface area (Å²) < 4.78 is 27.0. The lowest BCUT2D eigenvalue weighted by Gasteiger charge is -2.31. The molecule has 0 fully saturated rings. The van der Waals surface area contributed by atoms with Gasteiger partial charge in [0.1, 0.15) is 18.0 Å². The molecule has 1 aromatic carbocycles. The summed E-state index contributed by atoms with van der Waals surface area (Å²) >= 11 is 0. The number of pyridine rings is 2. The van der Waals surface area contributed by atoms with Gasteiger partial charge in [0.05, 0.1) is 35.1 Å². The number of carbonyl (C=O) groups is 3. The molecule has 2 aliphatic heterocycles. The second-order valence-electron chi connectivity index (χ2n) is 12.7. The molecule has 13 heteroatoms. The van der Waals surface area contributed by atoms with E-state index >= 15 is 4.39 Å². The highest BCUT2D eigenvalue weighted by molar-refractivity contribution is 5.94. The van der Waals surface area contributed by atoms with Crippen LogP contribution in [-0.4, -0.2) is 51.4 Å². The number of carbonyl (C=O) groups excluding carboxylic acids is 3. The van der Waals surface area contributed by atoms with Gasteiger partial charge in [-0.1, -0.05) is 6.92 Å². The van der Waals surface area contributed by atoms with Crippen molar-refractivity contribution in [3.8, 4) is 11.4 Å². The Morgan fingerprint density at radius 1 is 1.18 bits per heavy atom. The third-order valence-electron chi connectivity index (χ3n) is 8.76. The normalized spacial score (nSPS) is 19.7. The molecule has 3 aromatic rings. The molecule has 4 heterocycles. The average molecular weight is 622 g/mol. The van der Waals surface area contributed by atoms with E-state index in [9.17, 15) is 24.3 Å². The first-order valence-corrected chi connectivity index (χ1v) is 15.1. The minimum absolute atomic E-state index is 0.00717. The quantitative estimate of drug-likeness (QED) is 0.195. The number of hydrogen-bond donors (Lipinski definition) is 4. The number of benzene rings is 1. The maximum atomic E-state index is 15.1. The van der Waals surface area contributed by atoms with E-state index in [1.807, 2.05) is 0 Å². The van der Waals surface area contributed by atoms with E-state index in [0.29, 0.717) is 40.9 Å². The molecule has 4 N–H and O–H groups in total. The van der Waals surface area contributed by atoms with Crippen molar-refractivity contribution in [1.82, 2.24) is 25.5 Å². The van der Waals surface area contributed by atoms with Crippen molar-refractivity contribution < 1.29 is 33.4 Å². The van der Waals surface area contributed by atoms with Crippen molar-refractivity contribution in [3.05, 3.63) is 61.7 Å². The number of cyclic esters (lactones) is 1. The van der Waals surface area contributed by atoms with Crippen molar-refractivity contribution in [1.29, 1.82) is 0 Å². The van der Waals surface area contributed by atoms with Gasteiger partial charge in [-0.25, -0.2) is 23.8 Å². The first-order valence-electron chi connectivity index (χ1n) is 15.1. The van der Waals surface area contributed by atoms with Gasteiger partial charge in [-0.15, -0.1) is 0 Å². The molecule has 0 unspecified atom stereocenters. The van der Waals surface area contributed by atoms with Crippen LogP contribution < -0.4 is 21.5 Å². The molecule has 2 atom stereocenters. The zero-order chi connectivity index (χ0) is 32.4. The van der Waals surface area contributed by atoms with Crippen molar-refractivity contribution in [3.63, 3.8) is 0 Å². The smallest absolute Gasteiger partial charge is 0.407 e. The number of halogens is 1. The molecule has 0 saturated carbocycles. The summed E-state index contributed by atoms with van der Waals surface area (Å²) in [4.78, 5) is 56.1. The lowest BCUT2D eigenvalue weighted by atomic mass is 9.81. The SMILES string of the molecule is CC[C@]1(O)C(=O)OCc2c1cc1n(c2=O)Cc2c-1nc1cc(F)c(C)c3c1c2[C@@H](NC(=O)NCCNC(=O)OC(C)(C)C)CC3. The molecule has 3 amide bonds. The van der Waals surface area contributed by atoms with Crippen molar-refractivity contribution in [2.75, 3.05) is 13.1 Å². The molecular weight excluding hydrogens is 585 g/mol. The molecule has 1 aliphatic carbocycles. The van der Waals surface area contributed by atoms with Crippen LogP contribution in [0.1, 0.15) is 80.0 Å². The van der Waals surface area contributed by atoms with Crippen molar-refractivity contribution >= 4 is 29.0 Å². The first kappa shape index (κ1) is 30.5. The molecule has 6 rings (SSSR count). The Morgan fingerprint density at radius 3 is 2.62 bits per heavy atom. The zero-order valence-corrected chi connectivity index (χ0v) is 25.9. The van der Waals surface area contributed by atoms with E-state index < -0.39 is 46.7 Å². The second-order valence-corrected chi connectivity index (χ2v) is 12.7. The predicted molar refractivity (Wildman–Crippen MR) is 161 cm³/mol. The summed E-state index contributed by atoms with van der Waals surface area (Å²) in [5, 5.41) is 20.3. The van der Waals surface area contributed by atoms with Gasteiger partial charge in [0.25, 0.3) is 5.56 Å². The van der Waals surface area contributed by atoms with Gasteiger partial charge in [-0.05, 0) is 69.7 Å². The lowest BCUT2D eigenvalue weighted by molar-refractivity contribution is -0.172. The summed E-state index contributed by atoms with van der Waals surface area (Å²) in [6.45, 7) is 8.81. The molecule has 2 aromatic heterocycles. The fraction of sp³-hybridized carbons (Fsp3) is 0.469. The molecular formula is C32H36FN5O7. The highest BCUT2D eigenvalue weighted by atomic mass is 19.1. The van der Waals surface area contributed by atoms with Crippen LogP contribution in [0.15, 0.2) is 16.9 Å². The highest BCUT2D eigenvalue weighted by Crippen LogP contribution is 2.45. The minimum Gasteiger partial charge on any atom is -0.458 e. The van der Waals surface area contributed by atoms with Gasteiger partial charge in [0.2, 0.25) is 0 Å². The standard InChI is InChI=1S/C32H36FN5O7/c1-6-32(43)19-11-23-26-17(13-38(23)27(39)18(19)14-44-28(32)40)25-21(8-7-16-15(2)20(33)12-22(36-26)24(16)25)37-29(41)34-9-10-35-30(42)45-31(3,4)5/h11-12,21,43H,6-10,13-14H2,1-5H3,(H,35,42)(H2,34,37,41)/t21-,32+/m0/s1. The highest BCUT2D eigenvalue weighted by Gasteiger charge is 2.46. The second kappa shape index (κ2) is 10.8. The van der Waals surface area contributed by atoms with Crippen LogP contribution in [0.4, 0.5) is 14.0 Å². The minimum atomic E-state index is -1.98. The number of urea groups is 1. The molecule has 0 spiro atoms. The Balaban J connectivity index is 1.36. The number of aryl methyl sites for hydroxylation is 1. The largest absolute Gasteiger partial charge is 0.458 e. The lowest BCUT2D eigenvalue weighted by Crippen LogP contribution is -2.44. The number of alkyl carbamates (subject to hydrolysis) is 1. The number of amides is 3. The summed E-state index contributed by atoms with van der Waals surface area (Å²) in [5.74, 6) is -1.22. The average Bonchev–Trinajstić information content (AvgIpc) is 3.34. The summed E-state index contributed by atoms with van der Waals surface area (Å²) in [6, 6.07) is 2.03. The summed E-state index contributed by atoms with van der Waals surface area (Å²) in [7, 11) is 0. The number of aliphatic hydroxyl groups is 1. The number of rotatable bonds is 5. The predicted octanol–water partition coefficient (Wildman–Crippen LogP) is 3.34. The molecule has 12 nitrogen and oxygen atoms in total. The van der Waals surface area contributed by atoms with Crippen molar-refractivity contribution in [2.24, 2.45) is 0 Å². The van der Waals surface area contributed by atoms with Crippen LogP contribution in [0, 0.1) is 12.7 Å². The van der Waals surface area contributed by atoms with Gasteiger partial charge < -0.3 is 35.1 Å². The van der Waals surface area contributed by atoms with Crippen LogP contribution in [0.5, 0.6) is 0 Å². The Labute approximate surface area is 258 Å². The Kier molecular flexibility index (Phi) is 7.34. The van der Waals surface area contributed by atoms with Gasteiger partial charge >= 0.3 is 18.1 Å². The van der Waals surface area contributed by atoms with Gasteiger partial charge in [-0.2, -0.15) is 0 Å². The monoisotopic (exact) mass is 621 g/mol. The molecule has 0 radical (unpaired) electrons. The van der Waals surface area contributed by atoms with E-state index in [0.717, 1.165) is 16.5 Å². The number of esters is 1. The van der Waals surface area contributed by atoms with E-state index in [2.05, 4.69) is 16.0 Å². The molecule has 0 saturated heterocycles. The fourth-order valence-electron chi connectivity index (χ4n) is 6.56. The Bertz CT molecular complexity index is 1850. The summed E-state index contributed by atoms with van der Waals surface area (Å²) in [6.07, 6.45) is 0.401. The maximum absolute atomic E-state index is 15.1. The molecule has 45 heavy (non-hydrogen) atoms. The van der Waals surface area contributed by atoms with E-state index in [1.165, 1.54) is 10.6 Å². The van der Waals surface area contributed by atoms with E-state index in [-0.39, 0.29) is 43.8 Å². The zero-order valence-electron chi connectivity index (χ0n) is 25.9. The Hall–Kier alpha value is -4.52. The van der Waals surface area contributed by atoms with Crippen molar-refractivity contribution in [2.45, 2.75) is 84.3 Å². The first-order chi connectivity index (χ1) is 21.2. The van der Waals surface area contributed by atoms with Crippen LogP contribution in [0.2, 0.25) is 0 Å². The number of hydrogen-bond acceptors (Lipinski definition) is 8. The third kappa shape index (κ3) is 5.08. The molecule has 0 bridgehead atoms.